The molecular weight excluding hydrogens is 265 g/mol. The van der Waals surface area contributed by atoms with Crippen molar-refractivity contribution in [1.29, 1.82) is 0 Å². The Labute approximate surface area is 117 Å². The van der Waals surface area contributed by atoms with Crippen molar-refractivity contribution < 1.29 is 9.13 Å². The maximum Gasteiger partial charge on any atom is 0.142 e. The number of hydrogen-bond donors (Lipinski definition) is 1. The van der Waals surface area contributed by atoms with Crippen molar-refractivity contribution in [2.75, 3.05) is 6.54 Å². The van der Waals surface area contributed by atoms with Crippen LogP contribution in [0, 0.1) is 5.82 Å². The van der Waals surface area contributed by atoms with E-state index in [1.165, 1.54) is 6.07 Å². The van der Waals surface area contributed by atoms with Crippen molar-refractivity contribution in [3.8, 4) is 5.75 Å². The summed E-state index contributed by atoms with van der Waals surface area (Å²) in [4.78, 5) is 0. The lowest BCUT2D eigenvalue weighted by atomic mass is 10.1. The van der Waals surface area contributed by atoms with Crippen molar-refractivity contribution in [2.24, 2.45) is 5.73 Å². The Morgan fingerprint density at radius 2 is 1.95 bits per heavy atom. The van der Waals surface area contributed by atoms with Crippen LogP contribution < -0.4 is 10.5 Å². The van der Waals surface area contributed by atoms with Crippen LogP contribution in [0.4, 0.5) is 4.39 Å². The summed E-state index contributed by atoms with van der Waals surface area (Å²) >= 11 is 5.87. The molecular formula is C15H15ClFNO. The second-order valence-electron chi connectivity index (χ2n) is 4.19. The lowest BCUT2D eigenvalue weighted by Crippen LogP contribution is -2.03. The first kappa shape index (κ1) is 13.8. The van der Waals surface area contributed by atoms with Crippen LogP contribution in [0.15, 0.2) is 42.5 Å². The summed E-state index contributed by atoms with van der Waals surface area (Å²) in [6.45, 7) is 0.835. The molecule has 0 unspecified atom stereocenters. The maximum absolute atomic E-state index is 13.3. The number of halogens is 2. The lowest BCUT2D eigenvalue weighted by molar-refractivity contribution is 0.305. The molecule has 0 spiro atoms. The highest BCUT2D eigenvalue weighted by molar-refractivity contribution is 6.31. The van der Waals surface area contributed by atoms with E-state index in [-0.39, 0.29) is 11.6 Å². The Kier molecular flexibility index (Phi) is 4.77. The van der Waals surface area contributed by atoms with Crippen molar-refractivity contribution in [3.05, 3.63) is 64.4 Å². The highest BCUT2D eigenvalue weighted by atomic mass is 35.5. The zero-order valence-corrected chi connectivity index (χ0v) is 11.2. The van der Waals surface area contributed by atoms with Gasteiger partial charge >= 0.3 is 0 Å². The third-order valence-electron chi connectivity index (χ3n) is 2.76. The van der Waals surface area contributed by atoms with Crippen molar-refractivity contribution in [1.82, 2.24) is 0 Å². The fourth-order valence-electron chi connectivity index (χ4n) is 1.78. The van der Waals surface area contributed by atoms with Gasteiger partial charge in [0.1, 0.15) is 18.2 Å². The summed E-state index contributed by atoms with van der Waals surface area (Å²) in [5, 5.41) is 0.112. The Morgan fingerprint density at radius 1 is 1.16 bits per heavy atom. The number of ether oxygens (including phenoxy) is 1. The minimum absolute atomic E-state index is 0.112. The van der Waals surface area contributed by atoms with Gasteiger partial charge < -0.3 is 10.5 Å². The van der Waals surface area contributed by atoms with E-state index >= 15 is 0 Å². The van der Waals surface area contributed by atoms with Gasteiger partial charge in [-0.3, -0.25) is 0 Å². The second-order valence-corrected chi connectivity index (χ2v) is 4.57. The van der Waals surface area contributed by atoms with Gasteiger partial charge in [0.25, 0.3) is 0 Å². The molecule has 4 heteroatoms. The highest BCUT2D eigenvalue weighted by Gasteiger charge is 2.06. The molecule has 0 saturated carbocycles. The van der Waals surface area contributed by atoms with Crippen LogP contribution in [-0.4, -0.2) is 6.54 Å². The normalized spacial score (nSPS) is 10.5. The van der Waals surface area contributed by atoms with Crippen LogP contribution in [0.3, 0.4) is 0 Å². The van der Waals surface area contributed by atoms with Gasteiger partial charge in [0, 0.05) is 5.56 Å². The standard InChI is InChI=1S/C15H15ClFNO/c16-15-12(4-2-6-14(15)17)10-19-13-5-1-3-11(9-13)7-8-18/h1-6,9H,7-8,10,18H2. The summed E-state index contributed by atoms with van der Waals surface area (Å²) in [6.07, 6.45) is 0.803. The Hall–Kier alpha value is -1.58. The van der Waals surface area contributed by atoms with Gasteiger partial charge in [-0.05, 0) is 36.7 Å². The predicted octanol–water partition coefficient (Wildman–Crippen LogP) is 3.56. The van der Waals surface area contributed by atoms with Crippen LogP contribution in [0.5, 0.6) is 5.75 Å². The molecule has 0 heterocycles. The molecule has 2 N–H and O–H groups in total. The molecule has 2 aromatic carbocycles. The molecule has 19 heavy (non-hydrogen) atoms. The number of hydrogen-bond acceptors (Lipinski definition) is 2. The number of benzene rings is 2. The summed E-state index contributed by atoms with van der Waals surface area (Å²) in [5.74, 6) is 0.297. The van der Waals surface area contributed by atoms with E-state index < -0.39 is 5.82 Å². The van der Waals surface area contributed by atoms with Crippen LogP contribution in [0.2, 0.25) is 5.02 Å². The average Bonchev–Trinajstić information content (AvgIpc) is 2.41. The van der Waals surface area contributed by atoms with Gasteiger partial charge in [0.05, 0.1) is 5.02 Å². The fraction of sp³-hybridized carbons (Fsp3) is 0.200. The predicted molar refractivity (Wildman–Crippen MR) is 74.9 cm³/mol. The van der Waals surface area contributed by atoms with Gasteiger partial charge in [0.15, 0.2) is 0 Å². The third-order valence-corrected chi connectivity index (χ3v) is 3.18. The molecule has 0 saturated heterocycles. The second kappa shape index (κ2) is 6.55. The van der Waals surface area contributed by atoms with Gasteiger partial charge in [-0.1, -0.05) is 35.9 Å². The zero-order chi connectivity index (χ0) is 13.7. The average molecular weight is 280 g/mol. The fourth-order valence-corrected chi connectivity index (χ4v) is 1.96. The quantitative estimate of drug-likeness (QED) is 0.908. The Morgan fingerprint density at radius 3 is 2.74 bits per heavy atom. The van der Waals surface area contributed by atoms with Crippen molar-refractivity contribution >= 4 is 11.6 Å². The molecule has 0 fully saturated rings. The van der Waals surface area contributed by atoms with E-state index in [9.17, 15) is 4.39 Å². The van der Waals surface area contributed by atoms with Gasteiger partial charge in [-0.25, -0.2) is 4.39 Å². The summed E-state index contributed by atoms with van der Waals surface area (Å²) < 4.78 is 18.9. The van der Waals surface area contributed by atoms with Gasteiger partial charge in [-0.15, -0.1) is 0 Å². The molecule has 0 aliphatic heterocycles. The summed E-state index contributed by atoms with van der Waals surface area (Å²) in [5.41, 5.74) is 7.26. The van der Waals surface area contributed by atoms with Crippen LogP contribution in [-0.2, 0) is 13.0 Å². The van der Waals surface area contributed by atoms with Crippen LogP contribution in [0.25, 0.3) is 0 Å². The van der Waals surface area contributed by atoms with Crippen molar-refractivity contribution in [3.63, 3.8) is 0 Å². The van der Waals surface area contributed by atoms with Gasteiger partial charge in [0.2, 0.25) is 0 Å². The van der Waals surface area contributed by atoms with E-state index in [1.807, 2.05) is 24.3 Å². The Bertz CT molecular complexity index is 560. The molecule has 0 aromatic heterocycles. The third kappa shape index (κ3) is 3.69. The first-order valence-electron chi connectivity index (χ1n) is 6.05. The summed E-state index contributed by atoms with van der Waals surface area (Å²) in [6, 6.07) is 12.4. The highest BCUT2D eigenvalue weighted by Crippen LogP contribution is 2.22. The summed E-state index contributed by atoms with van der Waals surface area (Å²) in [7, 11) is 0. The molecule has 0 aliphatic carbocycles. The monoisotopic (exact) mass is 279 g/mol. The Balaban J connectivity index is 2.06. The minimum atomic E-state index is -0.431. The van der Waals surface area contributed by atoms with E-state index in [2.05, 4.69) is 0 Å². The smallest absolute Gasteiger partial charge is 0.142 e. The van der Waals surface area contributed by atoms with Gasteiger partial charge in [-0.2, -0.15) is 0 Å². The van der Waals surface area contributed by atoms with Crippen molar-refractivity contribution in [2.45, 2.75) is 13.0 Å². The van der Waals surface area contributed by atoms with E-state index in [4.69, 9.17) is 22.1 Å². The molecule has 2 nitrogen and oxygen atoms in total. The molecule has 0 aliphatic rings. The topological polar surface area (TPSA) is 35.2 Å². The SMILES string of the molecule is NCCc1cccc(OCc2cccc(F)c2Cl)c1. The molecule has 0 bridgehead atoms. The minimum Gasteiger partial charge on any atom is -0.489 e. The molecule has 2 aromatic rings. The van der Waals surface area contributed by atoms with E-state index in [0.717, 1.165) is 17.7 Å². The first-order chi connectivity index (χ1) is 9.20. The molecule has 100 valence electrons. The molecule has 0 atom stereocenters. The maximum atomic E-state index is 13.3. The first-order valence-corrected chi connectivity index (χ1v) is 6.43. The molecule has 2 rings (SSSR count). The largest absolute Gasteiger partial charge is 0.489 e. The van der Waals surface area contributed by atoms with Crippen LogP contribution >= 0.6 is 11.6 Å². The molecule has 0 amide bonds. The van der Waals surface area contributed by atoms with E-state index in [0.29, 0.717) is 12.1 Å². The van der Waals surface area contributed by atoms with E-state index in [1.54, 1.807) is 12.1 Å². The number of nitrogens with two attached hydrogens (primary N) is 1. The number of rotatable bonds is 5. The molecule has 0 radical (unpaired) electrons. The lowest BCUT2D eigenvalue weighted by Gasteiger charge is -2.09. The van der Waals surface area contributed by atoms with Crippen LogP contribution in [0.1, 0.15) is 11.1 Å². The zero-order valence-electron chi connectivity index (χ0n) is 10.4.